The van der Waals surface area contributed by atoms with E-state index in [0.29, 0.717) is 12.6 Å². The predicted octanol–water partition coefficient (Wildman–Crippen LogP) is 1.34. The van der Waals surface area contributed by atoms with Gasteiger partial charge in [0.2, 0.25) is 0 Å². The summed E-state index contributed by atoms with van der Waals surface area (Å²) in [5.74, 6) is 3.47. The second kappa shape index (κ2) is 11.0. The summed E-state index contributed by atoms with van der Waals surface area (Å²) in [6, 6.07) is 0.307. The molecule has 9 heteroatoms. The number of ether oxygens (including phenoxy) is 2. The maximum atomic E-state index is 5.66. The third-order valence-corrected chi connectivity index (χ3v) is 4.55. The number of guanidine groups is 1. The molecule has 26 heavy (non-hydrogen) atoms. The summed E-state index contributed by atoms with van der Waals surface area (Å²) in [6.07, 6.45) is 5.62. The van der Waals surface area contributed by atoms with Crippen molar-refractivity contribution >= 4 is 29.9 Å². The molecule has 0 aromatic carbocycles. The molecule has 1 aromatic rings. The first-order valence-electron chi connectivity index (χ1n) is 9.25. The minimum Gasteiger partial charge on any atom is -0.381 e. The van der Waals surface area contributed by atoms with Gasteiger partial charge in [0.1, 0.15) is 12.4 Å². The molecule has 0 bridgehead atoms. The Morgan fingerprint density at radius 2 is 2.19 bits per heavy atom. The summed E-state index contributed by atoms with van der Waals surface area (Å²) in [4.78, 5) is 8.83. The molecule has 1 saturated carbocycles. The number of halogens is 1. The normalized spacial score (nSPS) is 19.6. The summed E-state index contributed by atoms with van der Waals surface area (Å²) in [5.41, 5.74) is 0. The van der Waals surface area contributed by atoms with Crippen molar-refractivity contribution in [1.29, 1.82) is 0 Å². The lowest BCUT2D eigenvalue weighted by Gasteiger charge is -2.25. The van der Waals surface area contributed by atoms with Crippen LogP contribution in [-0.4, -0.2) is 60.7 Å². The molecule has 2 aliphatic rings. The van der Waals surface area contributed by atoms with Gasteiger partial charge in [0.05, 0.1) is 6.54 Å². The van der Waals surface area contributed by atoms with Gasteiger partial charge in [-0.15, -0.1) is 24.0 Å². The number of methoxy groups -OCH3 is 1. The second-order valence-electron chi connectivity index (χ2n) is 6.81. The minimum absolute atomic E-state index is 0. The molecule has 1 atom stereocenters. The Hall–Kier alpha value is -0.940. The summed E-state index contributed by atoms with van der Waals surface area (Å²) < 4.78 is 12.7. The minimum atomic E-state index is 0. The highest BCUT2D eigenvalue weighted by atomic mass is 127. The predicted molar refractivity (Wildman–Crippen MR) is 111 cm³/mol. The Labute approximate surface area is 172 Å². The van der Waals surface area contributed by atoms with E-state index in [-0.39, 0.29) is 24.0 Å². The van der Waals surface area contributed by atoms with Crippen LogP contribution in [0.25, 0.3) is 0 Å². The number of aromatic nitrogens is 3. The van der Waals surface area contributed by atoms with Crippen LogP contribution in [0.3, 0.4) is 0 Å². The standard InChI is InChI=1S/C17H30N6O2.HI/c1-18-17(19-8-3-9-25-11-13-4-5-13)20-14-6-7-16-21-15(12-24-2)22-23(16)10-14;/h13-14H,3-12H2,1-2H3,(H2,18,19,20);1H. The van der Waals surface area contributed by atoms with Crippen molar-refractivity contribution in [2.45, 2.75) is 51.3 Å². The van der Waals surface area contributed by atoms with Crippen LogP contribution in [0.5, 0.6) is 0 Å². The van der Waals surface area contributed by atoms with Crippen LogP contribution in [0, 0.1) is 5.92 Å². The molecule has 1 aliphatic heterocycles. The van der Waals surface area contributed by atoms with Crippen molar-refractivity contribution < 1.29 is 9.47 Å². The van der Waals surface area contributed by atoms with Gasteiger partial charge in [-0.25, -0.2) is 9.67 Å². The van der Waals surface area contributed by atoms with Crippen molar-refractivity contribution in [3.05, 3.63) is 11.6 Å². The number of hydrogen-bond acceptors (Lipinski definition) is 5. The third-order valence-electron chi connectivity index (χ3n) is 4.55. The smallest absolute Gasteiger partial charge is 0.191 e. The lowest BCUT2D eigenvalue weighted by molar-refractivity contribution is 0.123. The zero-order valence-corrected chi connectivity index (χ0v) is 18.1. The number of rotatable bonds is 9. The number of fused-ring (bicyclic) bond motifs is 1. The Morgan fingerprint density at radius 3 is 2.92 bits per heavy atom. The second-order valence-corrected chi connectivity index (χ2v) is 6.81. The first-order chi connectivity index (χ1) is 12.3. The van der Waals surface area contributed by atoms with Gasteiger partial charge in [0, 0.05) is 46.4 Å². The zero-order valence-electron chi connectivity index (χ0n) is 15.7. The van der Waals surface area contributed by atoms with Crippen LogP contribution >= 0.6 is 24.0 Å². The molecule has 0 amide bonds. The fraction of sp³-hybridized carbons (Fsp3) is 0.824. The molecule has 2 heterocycles. The molecule has 1 unspecified atom stereocenters. The average Bonchev–Trinajstić information content (AvgIpc) is 3.35. The van der Waals surface area contributed by atoms with E-state index in [1.807, 2.05) is 4.68 Å². The molecule has 1 fully saturated rings. The SMILES string of the molecule is CN=C(NCCCOCC1CC1)NC1CCc2nc(COC)nn2C1.I. The van der Waals surface area contributed by atoms with Gasteiger partial charge in [0.15, 0.2) is 11.8 Å². The summed E-state index contributed by atoms with van der Waals surface area (Å²) in [5, 5.41) is 11.4. The lowest BCUT2D eigenvalue weighted by Crippen LogP contribution is -2.47. The van der Waals surface area contributed by atoms with Gasteiger partial charge in [0.25, 0.3) is 0 Å². The van der Waals surface area contributed by atoms with Crippen LogP contribution < -0.4 is 10.6 Å². The van der Waals surface area contributed by atoms with Crippen molar-refractivity contribution in [3.63, 3.8) is 0 Å². The first-order valence-corrected chi connectivity index (χ1v) is 9.25. The Kier molecular flexibility index (Phi) is 9.06. The molecule has 0 saturated heterocycles. The van der Waals surface area contributed by atoms with E-state index in [4.69, 9.17) is 9.47 Å². The molecule has 8 nitrogen and oxygen atoms in total. The fourth-order valence-corrected chi connectivity index (χ4v) is 2.97. The highest BCUT2D eigenvalue weighted by molar-refractivity contribution is 14.0. The van der Waals surface area contributed by atoms with Crippen LogP contribution in [0.2, 0.25) is 0 Å². The Bertz CT molecular complexity index is 576. The number of aliphatic imine (C=N–C) groups is 1. The molecule has 1 aliphatic carbocycles. The maximum absolute atomic E-state index is 5.66. The molecule has 2 N–H and O–H groups in total. The monoisotopic (exact) mass is 478 g/mol. The van der Waals surface area contributed by atoms with Crippen LogP contribution in [0.1, 0.15) is 37.3 Å². The van der Waals surface area contributed by atoms with Gasteiger partial charge >= 0.3 is 0 Å². The van der Waals surface area contributed by atoms with Crippen LogP contribution in [0.15, 0.2) is 4.99 Å². The molecule has 0 radical (unpaired) electrons. The van der Waals surface area contributed by atoms with Gasteiger partial charge in [-0.1, -0.05) is 0 Å². The Balaban J connectivity index is 0.00000243. The topological polar surface area (TPSA) is 85.6 Å². The van der Waals surface area contributed by atoms with E-state index in [9.17, 15) is 0 Å². The first kappa shape index (κ1) is 21.4. The Morgan fingerprint density at radius 1 is 1.35 bits per heavy atom. The molecular weight excluding hydrogens is 447 g/mol. The molecular formula is C17H31IN6O2. The van der Waals surface area contributed by atoms with E-state index in [1.165, 1.54) is 12.8 Å². The van der Waals surface area contributed by atoms with Crippen LogP contribution in [0.4, 0.5) is 0 Å². The summed E-state index contributed by atoms with van der Waals surface area (Å²) in [7, 11) is 3.47. The maximum Gasteiger partial charge on any atom is 0.191 e. The third kappa shape index (κ3) is 6.66. The van der Waals surface area contributed by atoms with Crippen molar-refractivity contribution in [1.82, 2.24) is 25.4 Å². The number of nitrogens with zero attached hydrogens (tertiary/aromatic N) is 4. The number of hydrogen-bond donors (Lipinski definition) is 2. The average molecular weight is 478 g/mol. The molecule has 3 rings (SSSR count). The number of aryl methyl sites for hydroxylation is 1. The summed E-state index contributed by atoms with van der Waals surface area (Å²) >= 11 is 0. The van der Waals surface area contributed by atoms with E-state index in [0.717, 1.165) is 69.1 Å². The van der Waals surface area contributed by atoms with E-state index < -0.39 is 0 Å². The van der Waals surface area contributed by atoms with Crippen molar-refractivity contribution in [2.24, 2.45) is 10.9 Å². The lowest BCUT2D eigenvalue weighted by atomic mass is 10.1. The molecule has 1 aromatic heterocycles. The quantitative estimate of drug-likeness (QED) is 0.241. The summed E-state index contributed by atoms with van der Waals surface area (Å²) in [6.45, 7) is 3.87. The fourth-order valence-electron chi connectivity index (χ4n) is 2.97. The van der Waals surface area contributed by atoms with Gasteiger partial charge < -0.3 is 20.1 Å². The van der Waals surface area contributed by atoms with Gasteiger partial charge in [-0.05, 0) is 31.6 Å². The molecule has 0 spiro atoms. The van der Waals surface area contributed by atoms with Gasteiger partial charge in [-0.3, -0.25) is 4.99 Å². The van der Waals surface area contributed by atoms with E-state index >= 15 is 0 Å². The highest BCUT2D eigenvalue weighted by Gasteiger charge is 2.22. The largest absolute Gasteiger partial charge is 0.381 e. The number of nitrogens with one attached hydrogen (secondary N) is 2. The van der Waals surface area contributed by atoms with Crippen molar-refractivity contribution in [2.75, 3.05) is 33.9 Å². The van der Waals surface area contributed by atoms with Crippen LogP contribution in [-0.2, 0) is 29.0 Å². The highest BCUT2D eigenvalue weighted by Crippen LogP contribution is 2.28. The van der Waals surface area contributed by atoms with Gasteiger partial charge in [-0.2, -0.15) is 5.10 Å². The van der Waals surface area contributed by atoms with Crippen molar-refractivity contribution in [3.8, 4) is 0 Å². The zero-order chi connectivity index (χ0) is 17.5. The molecule has 148 valence electrons. The van der Waals surface area contributed by atoms with E-state index in [1.54, 1.807) is 14.2 Å². The van der Waals surface area contributed by atoms with E-state index in [2.05, 4.69) is 25.7 Å².